The van der Waals surface area contributed by atoms with E-state index in [4.69, 9.17) is 4.74 Å². The minimum Gasteiger partial charge on any atom is -0.466 e. The SMILES string of the molecule is CCOC(=O)CCn1c(=NC(=O)c2ccccc2)sc2cc(F)ccc21. The van der Waals surface area contributed by atoms with Gasteiger partial charge in [-0.3, -0.25) is 9.59 Å². The summed E-state index contributed by atoms with van der Waals surface area (Å²) in [5, 5.41) is 0. The lowest BCUT2D eigenvalue weighted by molar-refractivity contribution is -0.143. The lowest BCUT2D eigenvalue weighted by Gasteiger charge is -2.05. The third-order valence-corrected chi connectivity index (χ3v) is 4.75. The first kappa shape index (κ1) is 18.0. The zero-order valence-corrected chi connectivity index (χ0v) is 15.0. The van der Waals surface area contributed by atoms with Gasteiger partial charge >= 0.3 is 5.97 Å². The molecule has 0 bridgehead atoms. The molecule has 0 spiro atoms. The fourth-order valence-electron chi connectivity index (χ4n) is 2.52. The minimum absolute atomic E-state index is 0.143. The van der Waals surface area contributed by atoms with Crippen molar-refractivity contribution in [2.45, 2.75) is 19.9 Å². The fraction of sp³-hybridized carbons (Fsp3) is 0.211. The van der Waals surface area contributed by atoms with E-state index in [-0.39, 0.29) is 24.1 Å². The molecule has 0 aliphatic rings. The average Bonchev–Trinajstić information content (AvgIpc) is 2.97. The number of rotatable bonds is 5. The topological polar surface area (TPSA) is 60.7 Å². The van der Waals surface area contributed by atoms with E-state index in [0.29, 0.717) is 28.2 Å². The largest absolute Gasteiger partial charge is 0.466 e. The minimum atomic E-state index is -0.387. The van der Waals surface area contributed by atoms with Gasteiger partial charge in [0.25, 0.3) is 5.91 Å². The zero-order chi connectivity index (χ0) is 18.5. The smallest absolute Gasteiger partial charge is 0.307 e. The molecule has 0 radical (unpaired) electrons. The highest BCUT2D eigenvalue weighted by molar-refractivity contribution is 7.16. The lowest BCUT2D eigenvalue weighted by atomic mass is 10.2. The van der Waals surface area contributed by atoms with Crippen LogP contribution in [0, 0.1) is 5.82 Å². The number of aryl methyl sites for hydroxylation is 1. The summed E-state index contributed by atoms with van der Waals surface area (Å²) in [6, 6.07) is 13.1. The molecule has 1 heterocycles. The van der Waals surface area contributed by atoms with Crippen LogP contribution < -0.4 is 4.80 Å². The number of benzene rings is 2. The second kappa shape index (κ2) is 8.05. The van der Waals surface area contributed by atoms with Crippen LogP contribution in [0.25, 0.3) is 10.2 Å². The predicted octanol–water partition coefficient (Wildman–Crippen LogP) is 3.54. The van der Waals surface area contributed by atoms with Crippen molar-refractivity contribution in [2.24, 2.45) is 4.99 Å². The number of halogens is 1. The molecule has 7 heteroatoms. The van der Waals surface area contributed by atoms with Gasteiger partial charge in [0.15, 0.2) is 4.80 Å². The van der Waals surface area contributed by atoms with Crippen LogP contribution in [-0.4, -0.2) is 23.1 Å². The summed E-state index contributed by atoms with van der Waals surface area (Å²) in [4.78, 5) is 28.7. The maximum absolute atomic E-state index is 13.5. The molecule has 0 fully saturated rings. The number of carbonyl (C=O) groups excluding carboxylic acids is 2. The first-order chi connectivity index (χ1) is 12.6. The van der Waals surface area contributed by atoms with Crippen molar-refractivity contribution in [3.8, 4) is 0 Å². The number of thiazole rings is 1. The molecule has 2 aromatic carbocycles. The second-order valence-electron chi connectivity index (χ2n) is 5.49. The van der Waals surface area contributed by atoms with Crippen LogP contribution in [0.15, 0.2) is 53.5 Å². The van der Waals surface area contributed by atoms with Crippen LogP contribution >= 0.6 is 11.3 Å². The molecule has 0 saturated heterocycles. The van der Waals surface area contributed by atoms with Gasteiger partial charge in [-0.25, -0.2) is 4.39 Å². The van der Waals surface area contributed by atoms with Crippen molar-refractivity contribution in [3.63, 3.8) is 0 Å². The molecule has 0 aliphatic carbocycles. The molecule has 1 amide bonds. The number of fused-ring (bicyclic) bond motifs is 1. The molecule has 26 heavy (non-hydrogen) atoms. The predicted molar refractivity (Wildman–Crippen MR) is 97.4 cm³/mol. The molecule has 134 valence electrons. The number of esters is 1. The number of carbonyl (C=O) groups is 2. The fourth-order valence-corrected chi connectivity index (χ4v) is 3.60. The normalized spacial score (nSPS) is 11.7. The van der Waals surface area contributed by atoms with Crippen molar-refractivity contribution in [1.29, 1.82) is 0 Å². The van der Waals surface area contributed by atoms with E-state index >= 15 is 0 Å². The number of aromatic nitrogens is 1. The van der Waals surface area contributed by atoms with Crippen LogP contribution in [0.4, 0.5) is 4.39 Å². The Kier molecular flexibility index (Phi) is 5.58. The molecule has 0 N–H and O–H groups in total. The highest BCUT2D eigenvalue weighted by Crippen LogP contribution is 2.19. The standard InChI is InChI=1S/C19H17FN2O3S/c1-2-25-17(23)10-11-22-15-9-8-14(20)12-16(15)26-19(22)21-18(24)13-6-4-3-5-7-13/h3-9,12H,2,10-11H2,1H3. The summed E-state index contributed by atoms with van der Waals surface area (Å²) in [7, 11) is 0. The average molecular weight is 372 g/mol. The van der Waals surface area contributed by atoms with Gasteiger partial charge < -0.3 is 9.30 Å². The number of hydrogen-bond acceptors (Lipinski definition) is 4. The Morgan fingerprint density at radius 2 is 1.96 bits per heavy atom. The monoisotopic (exact) mass is 372 g/mol. The molecule has 3 rings (SSSR count). The van der Waals surface area contributed by atoms with Crippen molar-refractivity contribution in [2.75, 3.05) is 6.61 Å². The van der Waals surface area contributed by atoms with E-state index < -0.39 is 0 Å². The van der Waals surface area contributed by atoms with Gasteiger partial charge in [-0.05, 0) is 37.3 Å². The van der Waals surface area contributed by atoms with Gasteiger partial charge in [0.2, 0.25) is 0 Å². The number of ether oxygens (including phenoxy) is 1. The molecular formula is C19H17FN2O3S. The molecule has 0 saturated carbocycles. The maximum atomic E-state index is 13.5. The molecule has 0 unspecified atom stereocenters. The summed E-state index contributed by atoms with van der Waals surface area (Å²) >= 11 is 1.21. The van der Waals surface area contributed by atoms with Gasteiger partial charge in [-0.2, -0.15) is 4.99 Å². The molecule has 3 aromatic rings. The molecular weight excluding hydrogens is 355 g/mol. The Balaban J connectivity index is 2.02. The molecule has 5 nitrogen and oxygen atoms in total. The van der Waals surface area contributed by atoms with Crippen LogP contribution in [0.5, 0.6) is 0 Å². The first-order valence-corrected chi connectivity index (χ1v) is 8.98. The number of hydrogen-bond donors (Lipinski definition) is 0. The van der Waals surface area contributed by atoms with Crippen molar-refractivity contribution < 1.29 is 18.7 Å². The quantitative estimate of drug-likeness (QED) is 0.644. The molecule has 0 atom stereocenters. The lowest BCUT2D eigenvalue weighted by Crippen LogP contribution is -2.19. The van der Waals surface area contributed by atoms with Gasteiger partial charge in [0.1, 0.15) is 5.82 Å². The van der Waals surface area contributed by atoms with E-state index in [1.54, 1.807) is 41.8 Å². The highest BCUT2D eigenvalue weighted by atomic mass is 32.1. The van der Waals surface area contributed by atoms with Gasteiger partial charge in [0.05, 0.1) is 23.2 Å². The second-order valence-corrected chi connectivity index (χ2v) is 6.50. The van der Waals surface area contributed by atoms with E-state index in [9.17, 15) is 14.0 Å². The van der Waals surface area contributed by atoms with Crippen LogP contribution in [0.2, 0.25) is 0 Å². The van der Waals surface area contributed by atoms with E-state index in [1.165, 1.54) is 23.5 Å². The van der Waals surface area contributed by atoms with E-state index in [0.717, 1.165) is 5.52 Å². The Morgan fingerprint density at radius 1 is 1.19 bits per heavy atom. The maximum Gasteiger partial charge on any atom is 0.307 e. The summed E-state index contributed by atoms with van der Waals surface area (Å²) in [5.74, 6) is -1.08. The van der Waals surface area contributed by atoms with Crippen LogP contribution in [0.1, 0.15) is 23.7 Å². The number of amides is 1. The summed E-state index contributed by atoms with van der Waals surface area (Å²) in [6.45, 7) is 2.35. The molecule has 1 aromatic heterocycles. The third-order valence-electron chi connectivity index (χ3n) is 3.71. The molecule has 0 aliphatic heterocycles. The Labute approximate surface area is 153 Å². The van der Waals surface area contributed by atoms with Gasteiger partial charge in [-0.1, -0.05) is 29.5 Å². The Bertz CT molecular complexity index is 1010. The van der Waals surface area contributed by atoms with E-state index in [1.807, 2.05) is 6.07 Å². The highest BCUT2D eigenvalue weighted by Gasteiger charge is 2.12. The van der Waals surface area contributed by atoms with Crippen LogP contribution in [-0.2, 0) is 16.1 Å². The van der Waals surface area contributed by atoms with Crippen molar-refractivity contribution in [1.82, 2.24) is 4.57 Å². The summed E-state index contributed by atoms with van der Waals surface area (Å²) < 4.78 is 20.9. The van der Waals surface area contributed by atoms with E-state index in [2.05, 4.69) is 4.99 Å². The zero-order valence-electron chi connectivity index (χ0n) is 14.1. The van der Waals surface area contributed by atoms with Gasteiger partial charge in [-0.15, -0.1) is 0 Å². The first-order valence-electron chi connectivity index (χ1n) is 8.17. The van der Waals surface area contributed by atoms with Crippen molar-refractivity contribution >= 4 is 33.4 Å². The third kappa shape index (κ3) is 4.05. The Hall–Kier alpha value is -2.80. The number of nitrogens with zero attached hydrogens (tertiary/aromatic N) is 2. The summed E-state index contributed by atoms with van der Waals surface area (Å²) in [5.41, 5.74) is 1.19. The van der Waals surface area contributed by atoms with Crippen LogP contribution in [0.3, 0.4) is 0 Å². The Morgan fingerprint density at radius 3 is 2.69 bits per heavy atom. The summed E-state index contributed by atoms with van der Waals surface area (Å²) in [6.07, 6.45) is 0.143. The van der Waals surface area contributed by atoms with Crippen molar-refractivity contribution in [3.05, 3.63) is 64.7 Å². The van der Waals surface area contributed by atoms with Gasteiger partial charge in [0, 0.05) is 12.1 Å².